The predicted octanol–water partition coefficient (Wildman–Crippen LogP) is 6.91. The van der Waals surface area contributed by atoms with E-state index in [-0.39, 0.29) is 29.3 Å². The molecule has 2 heterocycles. The average Bonchev–Trinajstić information content (AvgIpc) is 3.18. The van der Waals surface area contributed by atoms with E-state index in [1.165, 1.54) is 12.1 Å². The number of halogens is 3. The molecule has 212 valence electrons. The summed E-state index contributed by atoms with van der Waals surface area (Å²) < 4.78 is 53.5. The van der Waals surface area contributed by atoms with Crippen LogP contribution in [-0.2, 0) is 22.2 Å². The Labute approximate surface area is 228 Å². The zero-order valence-corrected chi connectivity index (χ0v) is 23.0. The summed E-state index contributed by atoms with van der Waals surface area (Å²) in [6.45, 7) is 9.76. The van der Waals surface area contributed by atoms with E-state index in [1.54, 1.807) is 76.6 Å². The molecule has 2 aromatic carbocycles. The number of anilines is 2. The normalized spacial score (nSPS) is 12.5. The zero-order chi connectivity index (χ0) is 29.6. The molecule has 4 rings (SSSR count). The quantitative estimate of drug-likeness (QED) is 0.291. The van der Waals surface area contributed by atoms with Crippen molar-refractivity contribution in [2.75, 3.05) is 10.6 Å². The molecule has 0 unspecified atom stereocenters. The number of nitrogen functional groups attached to an aromatic ring is 1. The third-order valence-corrected chi connectivity index (χ3v) is 5.64. The van der Waals surface area contributed by atoms with E-state index < -0.39 is 35.1 Å². The van der Waals surface area contributed by atoms with Crippen LogP contribution in [0.2, 0.25) is 0 Å². The van der Waals surface area contributed by atoms with Gasteiger partial charge in [0, 0.05) is 23.6 Å². The minimum Gasteiger partial charge on any atom is -0.443 e. The number of amides is 2. The summed E-state index contributed by atoms with van der Waals surface area (Å²) in [7, 11) is 0. The Morgan fingerprint density at radius 1 is 0.900 bits per heavy atom. The van der Waals surface area contributed by atoms with Gasteiger partial charge in [0.05, 0.1) is 16.5 Å². The summed E-state index contributed by atoms with van der Waals surface area (Å²) >= 11 is 0. The first-order valence-corrected chi connectivity index (χ1v) is 12.4. The maximum atomic E-state index is 13.6. The van der Waals surface area contributed by atoms with Crippen LogP contribution in [0.3, 0.4) is 0 Å². The largest absolute Gasteiger partial charge is 0.443 e. The molecular weight excluding hydrogens is 527 g/mol. The summed E-state index contributed by atoms with van der Waals surface area (Å²) in [6, 6.07) is 10.2. The third kappa shape index (κ3) is 6.11. The van der Waals surface area contributed by atoms with Gasteiger partial charge >= 0.3 is 18.4 Å². The van der Waals surface area contributed by atoms with Crippen LogP contribution >= 0.6 is 0 Å². The molecule has 0 radical (unpaired) electrons. The van der Waals surface area contributed by atoms with Crippen molar-refractivity contribution in [1.29, 1.82) is 0 Å². The van der Waals surface area contributed by atoms with Gasteiger partial charge in [0.15, 0.2) is 5.82 Å². The van der Waals surface area contributed by atoms with Gasteiger partial charge in [-0.2, -0.15) is 23.1 Å². The van der Waals surface area contributed by atoms with E-state index in [1.807, 2.05) is 0 Å². The van der Waals surface area contributed by atoms with Gasteiger partial charge in [0.1, 0.15) is 11.2 Å². The average molecular weight is 558 g/mol. The fourth-order valence-corrected chi connectivity index (χ4v) is 4.18. The second-order valence-corrected chi connectivity index (χ2v) is 11.2. The number of fused-ring (bicyclic) bond motifs is 3. The molecule has 12 heteroatoms. The first-order chi connectivity index (χ1) is 18.4. The fourth-order valence-electron chi connectivity index (χ4n) is 4.18. The molecule has 0 aliphatic carbocycles. The van der Waals surface area contributed by atoms with E-state index in [4.69, 9.17) is 15.2 Å². The van der Waals surface area contributed by atoms with Crippen molar-refractivity contribution in [2.24, 2.45) is 0 Å². The summed E-state index contributed by atoms with van der Waals surface area (Å²) in [5.41, 5.74) is 4.20. The Hall–Kier alpha value is -4.35. The SMILES string of the molecule is CC(C)(C)OC(=O)N(C(=O)OC(C)(C)C)c1nc(N)nc2ccc3c(ccn3Cc3ccccc3C(F)(F)F)c12. The Bertz CT molecular complexity index is 1570. The second-order valence-electron chi connectivity index (χ2n) is 11.2. The van der Waals surface area contributed by atoms with Crippen LogP contribution in [0.4, 0.5) is 34.5 Å². The van der Waals surface area contributed by atoms with E-state index in [0.717, 1.165) is 6.07 Å². The highest BCUT2D eigenvalue weighted by Gasteiger charge is 2.36. The third-order valence-electron chi connectivity index (χ3n) is 5.64. The van der Waals surface area contributed by atoms with Crippen molar-refractivity contribution in [1.82, 2.24) is 14.5 Å². The number of rotatable bonds is 3. The fraction of sp³-hybridized carbons (Fsp3) is 0.357. The Kier molecular flexibility index (Phi) is 7.16. The van der Waals surface area contributed by atoms with Gasteiger partial charge in [0.2, 0.25) is 5.95 Å². The van der Waals surface area contributed by atoms with Crippen LogP contribution in [0, 0.1) is 0 Å². The molecular formula is C28H30F3N5O4. The van der Waals surface area contributed by atoms with Gasteiger partial charge < -0.3 is 19.8 Å². The van der Waals surface area contributed by atoms with Gasteiger partial charge in [-0.1, -0.05) is 18.2 Å². The molecule has 2 N–H and O–H groups in total. The van der Waals surface area contributed by atoms with E-state index in [2.05, 4.69) is 9.97 Å². The smallest absolute Gasteiger partial charge is 0.425 e. The van der Waals surface area contributed by atoms with Gasteiger partial charge in [-0.25, -0.2) is 14.6 Å². The van der Waals surface area contributed by atoms with Crippen LogP contribution in [0.5, 0.6) is 0 Å². The van der Waals surface area contributed by atoms with Crippen molar-refractivity contribution in [3.63, 3.8) is 0 Å². The monoisotopic (exact) mass is 557 g/mol. The number of nitrogens with two attached hydrogens (primary N) is 1. The molecule has 0 saturated carbocycles. The number of carbonyl (C=O) groups excluding carboxylic acids is 2. The molecule has 4 aromatic rings. The summed E-state index contributed by atoms with van der Waals surface area (Å²) in [5, 5.41) is 0.750. The number of imide groups is 1. The Balaban J connectivity index is 1.92. The lowest BCUT2D eigenvalue weighted by atomic mass is 10.1. The lowest BCUT2D eigenvalue weighted by Gasteiger charge is -2.28. The molecule has 0 atom stereocenters. The Morgan fingerprint density at radius 2 is 1.50 bits per heavy atom. The van der Waals surface area contributed by atoms with Gasteiger partial charge in [-0.05, 0) is 71.4 Å². The van der Waals surface area contributed by atoms with Gasteiger partial charge in [-0.15, -0.1) is 0 Å². The topological polar surface area (TPSA) is 113 Å². The summed E-state index contributed by atoms with van der Waals surface area (Å²) in [5.74, 6) is -0.387. The summed E-state index contributed by atoms with van der Waals surface area (Å²) in [6.07, 6.45) is -5.00. The van der Waals surface area contributed by atoms with Crippen molar-refractivity contribution in [3.8, 4) is 0 Å². The van der Waals surface area contributed by atoms with Gasteiger partial charge in [-0.3, -0.25) is 0 Å². The lowest BCUT2D eigenvalue weighted by molar-refractivity contribution is -0.138. The van der Waals surface area contributed by atoms with E-state index >= 15 is 0 Å². The number of hydrogen-bond acceptors (Lipinski definition) is 7. The molecule has 0 fully saturated rings. The van der Waals surface area contributed by atoms with Crippen LogP contribution < -0.4 is 10.6 Å². The van der Waals surface area contributed by atoms with Crippen molar-refractivity contribution < 1.29 is 32.2 Å². The molecule has 9 nitrogen and oxygen atoms in total. The first-order valence-electron chi connectivity index (χ1n) is 12.4. The maximum Gasteiger partial charge on any atom is 0.425 e. The Morgan fingerprint density at radius 3 is 2.08 bits per heavy atom. The molecule has 0 aliphatic heterocycles. The highest BCUT2D eigenvalue weighted by atomic mass is 19.4. The van der Waals surface area contributed by atoms with Crippen molar-refractivity contribution in [3.05, 3.63) is 59.8 Å². The number of aromatic nitrogens is 3. The zero-order valence-electron chi connectivity index (χ0n) is 23.0. The first kappa shape index (κ1) is 28.7. The van der Waals surface area contributed by atoms with Crippen LogP contribution in [-0.4, -0.2) is 37.9 Å². The molecule has 0 bridgehead atoms. The lowest BCUT2D eigenvalue weighted by Crippen LogP contribution is -2.44. The molecule has 2 aromatic heterocycles. The van der Waals surface area contributed by atoms with Gasteiger partial charge in [0.25, 0.3) is 0 Å². The highest BCUT2D eigenvalue weighted by molar-refractivity contribution is 6.19. The minimum absolute atomic E-state index is 0.0745. The molecule has 0 spiro atoms. The van der Waals surface area contributed by atoms with Crippen molar-refractivity contribution >= 4 is 45.8 Å². The van der Waals surface area contributed by atoms with Crippen LogP contribution in [0.1, 0.15) is 52.7 Å². The summed E-state index contributed by atoms with van der Waals surface area (Å²) in [4.78, 5) is 35.8. The molecule has 40 heavy (non-hydrogen) atoms. The highest BCUT2D eigenvalue weighted by Crippen LogP contribution is 2.36. The number of ether oxygens (including phenoxy) is 2. The van der Waals surface area contributed by atoms with E-state index in [9.17, 15) is 22.8 Å². The number of nitrogens with zero attached hydrogens (tertiary/aromatic N) is 4. The number of benzene rings is 2. The van der Waals surface area contributed by atoms with Crippen LogP contribution in [0.25, 0.3) is 21.8 Å². The number of alkyl halides is 3. The maximum absolute atomic E-state index is 13.6. The standard InChI is InChI=1S/C28H30F3N5O4/c1-26(2,3)39-24(37)36(25(38)40-27(4,5)6)22-21-17-13-14-35(20(17)12-11-19(21)33-23(32)34-22)15-16-9-7-8-10-18(16)28(29,30)31/h7-14H,15H2,1-6H3,(H2,32,33,34). The molecule has 0 aliphatic rings. The van der Waals surface area contributed by atoms with Crippen molar-refractivity contribution in [2.45, 2.75) is 65.5 Å². The minimum atomic E-state index is -4.52. The predicted molar refractivity (Wildman–Crippen MR) is 145 cm³/mol. The second kappa shape index (κ2) is 10.00. The number of hydrogen-bond donors (Lipinski definition) is 1. The number of carbonyl (C=O) groups is 2. The van der Waals surface area contributed by atoms with E-state index in [0.29, 0.717) is 21.3 Å². The molecule has 2 amide bonds. The van der Waals surface area contributed by atoms with Crippen LogP contribution in [0.15, 0.2) is 48.7 Å². The molecule has 0 saturated heterocycles.